The number of allylic oxidation sites excluding steroid dienone is 1. The van der Waals surface area contributed by atoms with Crippen LogP contribution in [-0.4, -0.2) is 5.75 Å². The molecule has 0 heterocycles. The maximum Gasteiger partial charge on any atom is 0.0288 e. The highest BCUT2D eigenvalue weighted by atomic mass is 33.1. The average Bonchev–Trinajstić information content (AvgIpc) is 2.39. The maximum absolute atomic E-state index is 3.74. The van der Waals surface area contributed by atoms with Crippen molar-refractivity contribution in [2.24, 2.45) is 5.41 Å². The number of rotatable bonds is 7. The van der Waals surface area contributed by atoms with Crippen LogP contribution in [0, 0.1) is 5.41 Å². The second-order valence-corrected chi connectivity index (χ2v) is 9.17. The van der Waals surface area contributed by atoms with Crippen molar-refractivity contribution in [3.63, 3.8) is 0 Å². The molecular weight excluding hydrogens is 292 g/mol. The largest absolute Gasteiger partial charge is 0.100 e. The van der Waals surface area contributed by atoms with E-state index in [1.54, 1.807) is 0 Å². The molecular formula is C19H32S2. The molecule has 21 heavy (non-hydrogen) atoms. The van der Waals surface area contributed by atoms with Gasteiger partial charge in [0, 0.05) is 11.5 Å². The zero-order chi connectivity index (χ0) is 16.1. The molecule has 0 aliphatic heterocycles. The van der Waals surface area contributed by atoms with E-state index in [9.17, 15) is 0 Å². The highest BCUT2D eigenvalue weighted by Gasteiger charge is 2.09. The molecule has 0 nitrogen and oxygen atoms in total. The van der Waals surface area contributed by atoms with Gasteiger partial charge in [-0.25, -0.2) is 0 Å². The van der Waals surface area contributed by atoms with Gasteiger partial charge in [0.1, 0.15) is 0 Å². The Morgan fingerprint density at radius 2 is 1.71 bits per heavy atom. The molecule has 0 unspecified atom stereocenters. The van der Waals surface area contributed by atoms with E-state index in [-0.39, 0.29) is 0 Å². The third kappa shape index (κ3) is 15.9. The molecule has 2 heteroatoms. The molecule has 1 rings (SSSR count). The van der Waals surface area contributed by atoms with Crippen LogP contribution in [0.15, 0.2) is 42.5 Å². The Morgan fingerprint density at radius 1 is 1.10 bits per heavy atom. The zero-order valence-corrected chi connectivity index (χ0v) is 16.1. The van der Waals surface area contributed by atoms with Crippen LogP contribution in [0.1, 0.15) is 59.4 Å². The van der Waals surface area contributed by atoms with Crippen LogP contribution in [0.25, 0.3) is 0 Å². The van der Waals surface area contributed by atoms with E-state index in [0.29, 0.717) is 5.41 Å². The minimum absolute atomic E-state index is 0.473. The number of benzene rings is 1. The summed E-state index contributed by atoms with van der Waals surface area (Å²) in [5.41, 5.74) is 3.18. The first-order chi connectivity index (χ1) is 9.85. The van der Waals surface area contributed by atoms with Crippen molar-refractivity contribution in [3.8, 4) is 0 Å². The summed E-state index contributed by atoms with van der Waals surface area (Å²) >= 11 is 0. The standard InChI is InChI=1S/C13H20S2.C6H12/c1-13(2,3)9-10-14-15-11-12-7-5-4-6-8-12;1-4-5-6(2)3/h4-8H,9-11H2,1-3H3;2,4-5H2,1,3H3. The third-order valence-electron chi connectivity index (χ3n) is 2.76. The highest BCUT2D eigenvalue weighted by molar-refractivity contribution is 8.76. The topological polar surface area (TPSA) is 0 Å². The van der Waals surface area contributed by atoms with Gasteiger partial charge in [0.25, 0.3) is 0 Å². The lowest BCUT2D eigenvalue weighted by Crippen LogP contribution is -2.05. The normalized spacial score (nSPS) is 10.7. The molecule has 0 aliphatic carbocycles. The van der Waals surface area contributed by atoms with Crippen LogP contribution in [-0.2, 0) is 5.75 Å². The van der Waals surface area contributed by atoms with Gasteiger partial charge in [0.15, 0.2) is 0 Å². The van der Waals surface area contributed by atoms with E-state index < -0.39 is 0 Å². The van der Waals surface area contributed by atoms with E-state index in [1.807, 2.05) is 21.6 Å². The van der Waals surface area contributed by atoms with Crippen molar-refractivity contribution < 1.29 is 0 Å². The number of hydrogen-bond acceptors (Lipinski definition) is 2. The molecule has 1 aromatic carbocycles. The maximum atomic E-state index is 3.74. The Labute approximate surface area is 140 Å². The minimum Gasteiger partial charge on any atom is -0.100 e. The number of hydrogen-bond donors (Lipinski definition) is 0. The molecule has 0 aromatic heterocycles. The van der Waals surface area contributed by atoms with Crippen molar-refractivity contribution in [1.82, 2.24) is 0 Å². The summed E-state index contributed by atoms with van der Waals surface area (Å²) < 4.78 is 0. The highest BCUT2D eigenvalue weighted by Crippen LogP contribution is 2.30. The molecule has 0 spiro atoms. The fourth-order valence-electron chi connectivity index (χ4n) is 1.52. The summed E-state index contributed by atoms with van der Waals surface area (Å²) in [5.74, 6) is 2.37. The Kier molecular flexibility index (Phi) is 12.0. The van der Waals surface area contributed by atoms with Crippen LogP contribution in [0.2, 0.25) is 0 Å². The predicted octanol–water partition coefficient (Wildman–Crippen LogP) is 7.37. The van der Waals surface area contributed by atoms with Crippen molar-refractivity contribution >= 4 is 21.6 Å². The summed E-state index contributed by atoms with van der Waals surface area (Å²) in [5, 5.41) is 0. The van der Waals surface area contributed by atoms with Crippen LogP contribution >= 0.6 is 21.6 Å². The van der Waals surface area contributed by atoms with Crippen LogP contribution in [0.3, 0.4) is 0 Å². The van der Waals surface area contributed by atoms with E-state index in [0.717, 1.165) is 5.75 Å². The summed E-state index contributed by atoms with van der Waals surface area (Å²) in [6.45, 7) is 14.9. The monoisotopic (exact) mass is 324 g/mol. The molecule has 0 bridgehead atoms. The molecule has 0 saturated carbocycles. The Bertz CT molecular complexity index is 363. The van der Waals surface area contributed by atoms with Gasteiger partial charge in [-0.1, -0.05) is 91.6 Å². The summed E-state index contributed by atoms with van der Waals surface area (Å²) in [6, 6.07) is 10.7. The zero-order valence-electron chi connectivity index (χ0n) is 14.4. The molecule has 0 saturated heterocycles. The smallest absolute Gasteiger partial charge is 0.0288 e. The van der Waals surface area contributed by atoms with Gasteiger partial charge in [-0.15, -0.1) is 6.58 Å². The van der Waals surface area contributed by atoms with E-state index >= 15 is 0 Å². The minimum atomic E-state index is 0.473. The van der Waals surface area contributed by atoms with E-state index in [4.69, 9.17) is 0 Å². The first kappa shape index (κ1) is 20.7. The second-order valence-electron chi connectivity index (χ2n) is 6.59. The Hall–Kier alpha value is -0.340. The van der Waals surface area contributed by atoms with Gasteiger partial charge < -0.3 is 0 Å². The predicted molar refractivity (Wildman–Crippen MR) is 104 cm³/mol. The van der Waals surface area contributed by atoms with Gasteiger partial charge in [-0.2, -0.15) is 0 Å². The molecule has 1 aromatic rings. The van der Waals surface area contributed by atoms with Gasteiger partial charge in [-0.05, 0) is 30.7 Å². The van der Waals surface area contributed by atoms with E-state index in [1.165, 1.54) is 36.2 Å². The molecule has 0 atom stereocenters. The Balaban J connectivity index is 0.000000567. The Morgan fingerprint density at radius 3 is 2.14 bits per heavy atom. The van der Waals surface area contributed by atoms with Crippen molar-refractivity contribution in [1.29, 1.82) is 0 Å². The van der Waals surface area contributed by atoms with Crippen molar-refractivity contribution in [2.45, 2.75) is 59.6 Å². The first-order valence-electron chi connectivity index (χ1n) is 7.78. The first-order valence-corrected chi connectivity index (χ1v) is 10.3. The SMILES string of the molecule is C=C(C)CCC.CC(C)(C)CCSSCc1ccccc1. The summed E-state index contributed by atoms with van der Waals surface area (Å²) in [6.07, 6.45) is 3.70. The molecule has 0 radical (unpaired) electrons. The van der Waals surface area contributed by atoms with Crippen LogP contribution in [0.4, 0.5) is 0 Å². The van der Waals surface area contributed by atoms with Crippen molar-refractivity contribution in [2.75, 3.05) is 5.75 Å². The summed E-state index contributed by atoms with van der Waals surface area (Å²) in [4.78, 5) is 0. The molecule has 0 fully saturated rings. The van der Waals surface area contributed by atoms with Gasteiger partial charge in [0.2, 0.25) is 0 Å². The molecule has 0 N–H and O–H groups in total. The van der Waals surface area contributed by atoms with E-state index in [2.05, 4.69) is 71.5 Å². The van der Waals surface area contributed by atoms with Gasteiger partial charge in [0.05, 0.1) is 0 Å². The lowest BCUT2D eigenvalue weighted by molar-refractivity contribution is 0.402. The summed E-state index contributed by atoms with van der Waals surface area (Å²) in [7, 11) is 3.96. The quantitative estimate of drug-likeness (QED) is 0.292. The third-order valence-corrected chi connectivity index (χ3v) is 5.11. The lowest BCUT2D eigenvalue weighted by atomic mass is 9.94. The van der Waals surface area contributed by atoms with Gasteiger partial charge in [-0.3, -0.25) is 0 Å². The lowest BCUT2D eigenvalue weighted by Gasteiger charge is -2.16. The molecule has 0 amide bonds. The van der Waals surface area contributed by atoms with Crippen LogP contribution in [0.5, 0.6) is 0 Å². The fourth-order valence-corrected chi connectivity index (χ4v) is 4.00. The molecule has 120 valence electrons. The van der Waals surface area contributed by atoms with Gasteiger partial charge >= 0.3 is 0 Å². The van der Waals surface area contributed by atoms with Crippen molar-refractivity contribution in [3.05, 3.63) is 48.0 Å². The molecule has 0 aliphatic rings. The average molecular weight is 325 g/mol. The second kappa shape index (κ2) is 12.2. The van der Waals surface area contributed by atoms with Crippen LogP contribution < -0.4 is 0 Å². The fraction of sp³-hybridized carbons (Fsp3) is 0.579.